The molecule has 0 aromatic carbocycles. The standard InChI is InChI=1S/C10H22N2O3/c13-6-10(7-14,8-15)12-5-9-3-1-2-4-11-9/h9,11-15H,1-8H2. The molecule has 1 fully saturated rings. The highest BCUT2D eigenvalue weighted by molar-refractivity contribution is 4.88. The van der Waals surface area contributed by atoms with Crippen molar-refractivity contribution >= 4 is 0 Å². The second kappa shape index (κ2) is 6.40. The van der Waals surface area contributed by atoms with Crippen LogP contribution in [0.25, 0.3) is 0 Å². The summed E-state index contributed by atoms with van der Waals surface area (Å²) in [5.74, 6) is 0. The maximum atomic E-state index is 9.10. The molecule has 0 saturated carbocycles. The normalized spacial score (nSPS) is 23.0. The molecular weight excluding hydrogens is 196 g/mol. The smallest absolute Gasteiger partial charge is 0.0882 e. The van der Waals surface area contributed by atoms with E-state index in [1.54, 1.807) is 0 Å². The molecule has 0 radical (unpaired) electrons. The van der Waals surface area contributed by atoms with Crippen molar-refractivity contribution in [1.29, 1.82) is 0 Å². The zero-order chi connectivity index (χ0) is 11.1. The molecule has 1 saturated heterocycles. The number of rotatable bonds is 6. The molecule has 1 heterocycles. The minimum absolute atomic E-state index is 0.257. The molecule has 5 N–H and O–H groups in total. The topological polar surface area (TPSA) is 84.8 Å². The molecule has 15 heavy (non-hydrogen) atoms. The van der Waals surface area contributed by atoms with Gasteiger partial charge in [0, 0.05) is 12.6 Å². The maximum Gasteiger partial charge on any atom is 0.0882 e. The van der Waals surface area contributed by atoms with Crippen molar-refractivity contribution in [3.8, 4) is 0 Å². The van der Waals surface area contributed by atoms with Crippen LogP contribution in [-0.4, -0.2) is 59.8 Å². The lowest BCUT2D eigenvalue weighted by Gasteiger charge is -2.32. The number of piperidine rings is 1. The minimum atomic E-state index is -0.945. The van der Waals surface area contributed by atoms with Crippen LogP contribution in [0, 0.1) is 0 Å². The van der Waals surface area contributed by atoms with Crippen molar-refractivity contribution in [3.63, 3.8) is 0 Å². The lowest BCUT2D eigenvalue weighted by molar-refractivity contribution is 0.0404. The Labute approximate surface area is 90.5 Å². The molecular formula is C10H22N2O3. The van der Waals surface area contributed by atoms with Gasteiger partial charge in [0.1, 0.15) is 0 Å². The average Bonchev–Trinajstić information content (AvgIpc) is 2.33. The van der Waals surface area contributed by atoms with Gasteiger partial charge in [-0.15, -0.1) is 0 Å². The van der Waals surface area contributed by atoms with Crippen LogP contribution in [0.3, 0.4) is 0 Å². The molecule has 1 aliphatic heterocycles. The molecule has 0 spiro atoms. The van der Waals surface area contributed by atoms with Gasteiger partial charge in [-0.05, 0) is 19.4 Å². The Kier molecular flexibility index (Phi) is 5.49. The summed E-state index contributed by atoms with van der Waals surface area (Å²) in [6, 6.07) is 0.378. The predicted molar refractivity (Wildman–Crippen MR) is 57.6 cm³/mol. The third-order valence-corrected chi connectivity index (χ3v) is 3.04. The molecule has 0 bridgehead atoms. The van der Waals surface area contributed by atoms with E-state index in [4.69, 9.17) is 15.3 Å². The fraction of sp³-hybridized carbons (Fsp3) is 1.00. The first-order valence-corrected chi connectivity index (χ1v) is 5.57. The Hall–Kier alpha value is -0.200. The summed E-state index contributed by atoms with van der Waals surface area (Å²) >= 11 is 0. The number of hydrogen-bond acceptors (Lipinski definition) is 5. The van der Waals surface area contributed by atoms with E-state index in [2.05, 4.69) is 10.6 Å². The van der Waals surface area contributed by atoms with Crippen LogP contribution in [0.5, 0.6) is 0 Å². The summed E-state index contributed by atoms with van der Waals surface area (Å²) < 4.78 is 0. The lowest BCUT2D eigenvalue weighted by Crippen LogP contribution is -2.58. The van der Waals surface area contributed by atoms with Crippen molar-refractivity contribution in [1.82, 2.24) is 10.6 Å². The third-order valence-electron chi connectivity index (χ3n) is 3.04. The van der Waals surface area contributed by atoms with E-state index in [1.165, 1.54) is 12.8 Å². The summed E-state index contributed by atoms with van der Waals surface area (Å²) in [4.78, 5) is 0. The zero-order valence-electron chi connectivity index (χ0n) is 9.08. The SMILES string of the molecule is OCC(CO)(CO)NCC1CCCCN1. The van der Waals surface area contributed by atoms with E-state index >= 15 is 0 Å². The van der Waals surface area contributed by atoms with Gasteiger partial charge in [0.15, 0.2) is 0 Å². The number of nitrogens with one attached hydrogen (secondary N) is 2. The average molecular weight is 218 g/mol. The summed E-state index contributed by atoms with van der Waals surface area (Å²) in [7, 11) is 0. The molecule has 5 heteroatoms. The van der Waals surface area contributed by atoms with Crippen molar-refractivity contribution in [2.24, 2.45) is 0 Å². The summed E-state index contributed by atoms with van der Waals surface area (Å²) in [5, 5.41) is 33.7. The predicted octanol–water partition coefficient (Wildman–Crippen LogP) is -1.57. The summed E-state index contributed by atoms with van der Waals surface area (Å²) in [5.41, 5.74) is -0.945. The first-order valence-electron chi connectivity index (χ1n) is 5.57. The molecule has 0 amide bonds. The molecule has 1 rings (SSSR count). The fourth-order valence-corrected chi connectivity index (χ4v) is 1.76. The van der Waals surface area contributed by atoms with Gasteiger partial charge in [-0.2, -0.15) is 0 Å². The maximum absolute atomic E-state index is 9.10. The van der Waals surface area contributed by atoms with Crippen molar-refractivity contribution in [2.45, 2.75) is 30.8 Å². The Morgan fingerprint density at radius 2 is 1.80 bits per heavy atom. The van der Waals surface area contributed by atoms with Gasteiger partial charge < -0.3 is 26.0 Å². The van der Waals surface area contributed by atoms with E-state index in [1.807, 2.05) is 0 Å². The second-order valence-electron chi connectivity index (χ2n) is 4.28. The van der Waals surface area contributed by atoms with E-state index in [0.717, 1.165) is 13.0 Å². The van der Waals surface area contributed by atoms with E-state index in [0.29, 0.717) is 12.6 Å². The molecule has 5 nitrogen and oxygen atoms in total. The van der Waals surface area contributed by atoms with Gasteiger partial charge in [0.05, 0.1) is 25.4 Å². The van der Waals surface area contributed by atoms with Crippen molar-refractivity contribution in [3.05, 3.63) is 0 Å². The van der Waals surface area contributed by atoms with Gasteiger partial charge in [0.25, 0.3) is 0 Å². The van der Waals surface area contributed by atoms with Gasteiger partial charge in [-0.3, -0.25) is 0 Å². The largest absolute Gasteiger partial charge is 0.394 e. The Bertz CT molecular complexity index is 160. The molecule has 1 unspecified atom stereocenters. The molecule has 1 aliphatic rings. The van der Waals surface area contributed by atoms with Crippen LogP contribution >= 0.6 is 0 Å². The van der Waals surface area contributed by atoms with Gasteiger partial charge >= 0.3 is 0 Å². The van der Waals surface area contributed by atoms with Crippen molar-refractivity contribution < 1.29 is 15.3 Å². The summed E-state index contributed by atoms with van der Waals surface area (Å²) in [6.45, 7) is 0.921. The monoisotopic (exact) mass is 218 g/mol. The van der Waals surface area contributed by atoms with Crippen LogP contribution in [0.15, 0.2) is 0 Å². The third kappa shape index (κ3) is 3.70. The van der Waals surface area contributed by atoms with Crippen molar-refractivity contribution in [2.75, 3.05) is 32.9 Å². The van der Waals surface area contributed by atoms with Gasteiger partial charge in [-0.25, -0.2) is 0 Å². The quantitative estimate of drug-likeness (QED) is 0.372. The number of aliphatic hydroxyl groups excluding tert-OH is 3. The first kappa shape index (κ1) is 12.9. The van der Waals surface area contributed by atoms with Gasteiger partial charge in [-0.1, -0.05) is 6.42 Å². The molecule has 0 aliphatic carbocycles. The molecule has 0 aromatic heterocycles. The van der Waals surface area contributed by atoms with Crippen LogP contribution < -0.4 is 10.6 Å². The number of aliphatic hydroxyl groups is 3. The van der Waals surface area contributed by atoms with Gasteiger partial charge in [0.2, 0.25) is 0 Å². The first-order chi connectivity index (χ1) is 7.26. The summed E-state index contributed by atoms with van der Waals surface area (Å²) in [6.07, 6.45) is 3.52. The van der Waals surface area contributed by atoms with Crippen LogP contribution in [0.2, 0.25) is 0 Å². The fourth-order valence-electron chi connectivity index (χ4n) is 1.76. The van der Waals surface area contributed by atoms with Crippen LogP contribution in [-0.2, 0) is 0 Å². The highest BCUT2D eigenvalue weighted by atomic mass is 16.3. The van der Waals surface area contributed by atoms with Crippen LogP contribution in [0.1, 0.15) is 19.3 Å². The number of hydrogen-bond donors (Lipinski definition) is 5. The Morgan fingerprint density at radius 3 is 2.27 bits per heavy atom. The lowest BCUT2D eigenvalue weighted by atomic mass is 10.0. The highest BCUT2D eigenvalue weighted by Crippen LogP contribution is 2.08. The zero-order valence-corrected chi connectivity index (χ0v) is 9.08. The van der Waals surface area contributed by atoms with E-state index in [-0.39, 0.29) is 19.8 Å². The van der Waals surface area contributed by atoms with E-state index < -0.39 is 5.54 Å². The molecule has 90 valence electrons. The van der Waals surface area contributed by atoms with Crippen LogP contribution in [0.4, 0.5) is 0 Å². The Balaban J connectivity index is 2.31. The van der Waals surface area contributed by atoms with E-state index in [9.17, 15) is 0 Å². The molecule has 0 aromatic rings. The minimum Gasteiger partial charge on any atom is -0.394 e. The molecule has 1 atom stereocenters. The second-order valence-corrected chi connectivity index (χ2v) is 4.28. The Morgan fingerprint density at radius 1 is 1.13 bits per heavy atom. The highest BCUT2D eigenvalue weighted by Gasteiger charge is 2.28.